The third kappa shape index (κ3) is 5.25. The first-order valence-electron chi connectivity index (χ1n) is 6.12. The van der Waals surface area contributed by atoms with E-state index in [1.807, 2.05) is 0 Å². The molecule has 0 atom stereocenters. The molecule has 0 aromatic heterocycles. The molecule has 0 heterocycles. The van der Waals surface area contributed by atoms with Crippen molar-refractivity contribution in [3.05, 3.63) is 42.0 Å². The number of carbonyl (C=O) groups excluding carboxylic acids is 2. The number of halogens is 2. The van der Waals surface area contributed by atoms with Gasteiger partial charge in [-0.3, -0.25) is 4.79 Å². The zero-order chi connectivity index (χ0) is 16.7. The molecule has 0 radical (unpaired) electrons. The van der Waals surface area contributed by atoms with Gasteiger partial charge in [-0.25, -0.2) is 13.6 Å². The molecule has 0 spiro atoms. The number of ketones is 1. The normalized spacial score (nSPS) is 10.2. The number of thioether (sulfide) groups is 1. The number of esters is 1. The number of ether oxygens (including phenoxy) is 1. The highest BCUT2D eigenvalue weighted by Gasteiger charge is 2.22. The number of benzene rings is 1. The van der Waals surface area contributed by atoms with E-state index in [9.17, 15) is 18.4 Å². The SMILES string of the molecule is C=CC(=O)OCCSCC(=O)c1cc(F)c(B(O)O)cc1F. The molecule has 1 rings (SSSR count). The predicted molar refractivity (Wildman–Crippen MR) is 79.0 cm³/mol. The van der Waals surface area contributed by atoms with Gasteiger partial charge in [0.05, 0.1) is 11.3 Å². The van der Waals surface area contributed by atoms with Crippen molar-refractivity contribution in [2.24, 2.45) is 0 Å². The third-order valence-electron chi connectivity index (χ3n) is 2.54. The maximum atomic E-state index is 13.7. The Hall–Kier alpha value is -1.71. The summed E-state index contributed by atoms with van der Waals surface area (Å²) in [6.07, 6.45) is 1.01. The van der Waals surface area contributed by atoms with Gasteiger partial charge in [-0.15, -0.1) is 0 Å². The molecule has 0 amide bonds. The Labute approximate surface area is 130 Å². The second-order valence-electron chi connectivity index (χ2n) is 4.07. The van der Waals surface area contributed by atoms with Crippen molar-refractivity contribution in [1.82, 2.24) is 0 Å². The number of hydrogen-bond donors (Lipinski definition) is 2. The summed E-state index contributed by atoms with van der Waals surface area (Å²) >= 11 is 1.08. The molecule has 1 aromatic rings. The zero-order valence-electron chi connectivity index (χ0n) is 11.4. The van der Waals surface area contributed by atoms with Crippen molar-refractivity contribution in [2.75, 3.05) is 18.1 Å². The average molecular weight is 330 g/mol. The van der Waals surface area contributed by atoms with Gasteiger partial charge in [-0.05, 0) is 12.1 Å². The van der Waals surface area contributed by atoms with E-state index in [4.69, 9.17) is 10.0 Å². The van der Waals surface area contributed by atoms with Crippen LogP contribution in [0.2, 0.25) is 0 Å². The third-order valence-corrected chi connectivity index (χ3v) is 3.46. The Balaban J connectivity index is 2.57. The van der Waals surface area contributed by atoms with Gasteiger partial charge in [0, 0.05) is 17.3 Å². The lowest BCUT2D eigenvalue weighted by molar-refractivity contribution is -0.137. The lowest BCUT2D eigenvalue weighted by atomic mass is 9.79. The Bertz CT molecular complexity index is 580. The van der Waals surface area contributed by atoms with E-state index in [1.165, 1.54) is 0 Å². The molecular formula is C13H13BF2O5S. The summed E-state index contributed by atoms with van der Waals surface area (Å²) in [4.78, 5) is 22.5. The summed E-state index contributed by atoms with van der Waals surface area (Å²) < 4.78 is 31.9. The van der Waals surface area contributed by atoms with E-state index in [0.29, 0.717) is 17.9 Å². The first-order valence-corrected chi connectivity index (χ1v) is 7.27. The lowest BCUT2D eigenvalue weighted by Crippen LogP contribution is -2.33. The van der Waals surface area contributed by atoms with E-state index in [0.717, 1.165) is 17.8 Å². The van der Waals surface area contributed by atoms with Crippen LogP contribution >= 0.6 is 11.8 Å². The summed E-state index contributed by atoms with van der Waals surface area (Å²) in [6, 6.07) is 1.20. The second-order valence-corrected chi connectivity index (χ2v) is 5.18. The van der Waals surface area contributed by atoms with Gasteiger partial charge < -0.3 is 14.8 Å². The highest BCUT2D eigenvalue weighted by molar-refractivity contribution is 8.00. The van der Waals surface area contributed by atoms with E-state index >= 15 is 0 Å². The van der Waals surface area contributed by atoms with Crippen LogP contribution in [-0.4, -0.2) is 47.0 Å². The van der Waals surface area contributed by atoms with Crippen molar-refractivity contribution >= 4 is 36.1 Å². The Morgan fingerprint density at radius 3 is 2.59 bits per heavy atom. The molecule has 118 valence electrons. The Morgan fingerprint density at radius 1 is 1.32 bits per heavy atom. The van der Waals surface area contributed by atoms with Crippen molar-refractivity contribution in [3.8, 4) is 0 Å². The molecule has 0 aliphatic heterocycles. The van der Waals surface area contributed by atoms with Crippen LogP contribution in [0.15, 0.2) is 24.8 Å². The molecule has 1 aromatic carbocycles. The van der Waals surface area contributed by atoms with Crippen LogP contribution < -0.4 is 5.46 Å². The summed E-state index contributed by atoms with van der Waals surface area (Å²) in [5.41, 5.74) is -1.12. The molecule has 0 aliphatic carbocycles. The highest BCUT2D eigenvalue weighted by Crippen LogP contribution is 2.13. The van der Waals surface area contributed by atoms with Crippen LogP contribution in [0.4, 0.5) is 8.78 Å². The molecule has 22 heavy (non-hydrogen) atoms. The monoisotopic (exact) mass is 330 g/mol. The minimum Gasteiger partial charge on any atom is -0.462 e. The van der Waals surface area contributed by atoms with E-state index in [-0.39, 0.29) is 12.4 Å². The quantitative estimate of drug-likeness (QED) is 0.234. The number of Topliss-reactive ketones (excluding diaryl/α,β-unsaturated/α-hetero) is 1. The minimum atomic E-state index is -2.16. The Kier molecular flexibility index (Phi) is 7.23. The highest BCUT2D eigenvalue weighted by atomic mass is 32.2. The summed E-state index contributed by atoms with van der Waals surface area (Å²) in [7, 11) is -2.16. The molecule has 0 saturated heterocycles. The lowest BCUT2D eigenvalue weighted by Gasteiger charge is -2.07. The number of rotatable bonds is 8. The Morgan fingerprint density at radius 2 is 2.00 bits per heavy atom. The molecule has 9 heteroatoms. The topological polar surface area (TPSA) is 83.8 Å². The predicted octanol–water partition coefficient (Wildman–Crippen LogP) is 0.290. The van der Waals surface area contributed by atoms with Gasteiger partial charge in [0.25, 0.3) is 0 Å². The number of carbonyl (C=O) groups is 2. The van der Waals surface area contributed by atoms with Gasteiger partial charge in [0.15, 0.2) is 5.78 Å². The summed E-state index contributed by atoms with van der Waals surface area (Å²) in [6.45, 7) is 3.28. The van der Waals surface area contributed by atoms with E-state index in [2.05, 4.69) is 11.3 Å². The first kappa shape index (κ1) is 18.3. The molecule has 0 aliphatic rings. The fraction of sp³-hybridized carbons (Fsp3) is 0.231. The minimum absolute atomic E-state index is 0.0648. The van der Waals surface area contributed by atoms with Crippen LogP contribution in [0.3, 0.4) is 0 Å². The maximum absolute atomic E-state index is 13.7. The maximum Gasteiger partial charge on any atom is 0.491 e. The fourth-order valence-electron chi connectivity index (χ4n) is 1.48. The van der Waals surface area contributed by atoms with Gasteiger partial charge >= 0.3 is 13.1 Å². The molecule has 2 N–H and O–H groups in total. The van der Waals surface area contributed by atoms with Crippen molar-refractivity contribution < 1.29 is 33.2 Å². The smallest absolute Gasteiger partial charge is 0.462 e. The van der Waals surface area contributed by atoms with Crippen LogP contribution in [-0.2, 0) is 9.53 Å². The molecule has 0 unspecified atom stereocenters. The zero-order valence-corrected chi connectivity index (χ0v) is 12.2. The molecule has 0 saturated carbocycles. The van der Waals surface area contributed by atoms with Gasteiger partial charge in [-0.2, -0.15) is 11.8 Å². The molecule has 0 bridgehead atoms. The van der Waals surface area contributed by atoms with Crippen molar-refractivity contribution in [2.45, 2.75) is 0 Å². The second kappa shape index (κ2) is 8.67. The molecule has 5 nitrogen and oxygen atoms in total. The van der Waals surface area contributed by atoms with Crippen LogP contribution in [0.1, 0.15) is 10.4 Å². The van der Waals surface area contributed by atoms with Gasteiger partial charge in [0.2, 0.25) is 0 Å². The van der Waals surface area contributed by atoms with Gasteiger partial charge in [0.1, 0.15) is 18.2 Å². The van der Waals surface area contributed by atoms with E-state index in [1.54, 1.807) is 0 Å². The van der Waals surface area contributed by atoms with Crippen LogP contribution in [0.5, 0.6) is 0 Å². The first-order chi connectivity index (χ1) is 10.4. The largest absolute Gasteiger partial charge is 0.491 e. The molecular weight excluding hydrogens is 317 g/mol. The average Bonchev–Trinajstić information content (AvgIpc) is 2.47. The number of hydrogen-bond acceptors (Lipinski definition) is 6. The van der Waals surface area contributed by atoms with Crippen LogP contribution in [0.25, 0.3) is 0 Å². The summed E-state index contributed by atoms with van der Waals surface area (Å²) in [5.74, 6) is -3.18. The van der Waals surface area contributed by atoms with Crippen molar-refractivity contribution in [1.29, 1.82) is 0 Å². The van der Waals surface area contributed by atoms with Gasteiger partial charge in [-0.1, -0.05) is 6.58 Å². The van der Waals surface area contributed by atoms with Crippen molar-refractivity contribution in [3.63, 3.8) is 0 Å². The standard InChI is InChI=1S/C13H13BF2O5S/c1-2-13(18)21-3-4-22-7-12(17)8-5-11(16)9(14(19)20)6-10(8)15/h2,5-6,19-20H,1,3-4,7H2. The fourth-order valence-corrected chi connectivity index (χ4v) is 2.16. The molecule has 0 fully saturated rings. The van der Waals surface area contributed by atoms with E-state index < -0.39 is 41.5 Å². The summed E-state index contributed by atoms with van der Waals surface area (Å²) in [5, 5.41) is 17.7. The van der Waals surface area contributed by atoms with Crippen LogP contribution in [0, 0.1) is 11.6 Å².